The number of nitrogens with zero attached hydrogens (tertiary/aromatic N) is 2. The van der Waals surface area contributed by atoms with Gasteiger partial charge in [-0.1, -0.05) is 11.6 Å². The summed E-state index contributed by atoms with van der Waals surface area (Å²) in [5, 5.41) is 25.2. The van der Waals surface area contributed by atoms with Gasteiger partial charge in [0.25, 0.3) is 0 Å². The molecule has 0 bridgehead atoms. The molecule has 1 saturated heterocycles. The number of rotatable bonds is 5. The minimum atomic E-state index is -1.22. The van der Waals surface area contributed by atoms with Crippen LogP contribution in [-0.4, -0.2) is 40.6 Å². The number of benzene rings is 2. The highest BCUT2D eigenvalue weighted by Gasteiger charge is 2.23. The van der Waals surface area contributed by atoms with Crippen molar-refractivity contribution in [3.05, 3.63) is 52.3 Å². The van der Waals surface area contributed by atoms with Crippen molar-refractivity contribution in [1.82, 2.24) is 15.3 Å². The third kappa shape index (κ3) is 4.32. The summed E-state index contributed by atoms with van der Waals surface area (Å²) in [7, 11) is 0. The molecule has 31 heavy (non-hydrogen) atoms. The zero-order valence-electron chi connectivity index (χ0n) is 16.3. The number of hydrogen-bond donors (Lipinski definition) is 5. The fraction of sp³-hybridized carbons (Fsp3) is 0.300. The van der Waals surface area contributed by atoms with Gasteiger partial charge in [-0.05, 0) is 56.1 Å². The molecule has 1 aliphatic rings. The number of hydroxylamine groups is 1. The van der Waals surface area contributed by atoms with Crippen LogP contribution in [0.1, 0.15) is 18.4 Å². The molecule has 3 aromatic rings. The number of amidine groups is 1. The average Bonchev–Trinajstić information content (AvgIpc) is 3.21. The number of imidazole rings is 1. The Morgan fingerprint density at radius 3 is 2.81 bits per heavy atom. The van der Waals surface area contributed by atoms with Crippen LogP contribution in [-0.2, 0) is 0 Å². The van der Waals surface area contributed by atoms with E-state index in [4.69, 9.17) is 17.0 Å². The van der Waals surface area contributed by atoms with Gasteiger partial charge in [0.2, 0.25) is 5.95 Å². The molecule has 1 fully saturated rings. The molecule has 0 radical (unpaired) electrons. The first-order valence-corrected chi connectivity index (χ1v) is 10.1. The number of aromatic nitrogens is 2. The van der Waals surface area contributed by atoms with Gasteiger partial charge in [-0.2, -0.15) is 0 Å². The number of H-pyrrole nitrogens is 1. The van der Waals surface area contributed by atoms with Crippen molar-refractivity contribution in [3.8, 4) is 0 Å². The lowest BCUT2D eigenvalue weighted by Gasteiger charge is -2.22. The molecule has 11 heteroatoms. The van der Waals surface area contributed by atoms with Crippen LogP contribution in [0.2, 0.25) is 5.02 Å². The topological polar surface area (TPSA) is 100 Å². The van der Waals surface area contributed by atoms with Crippen molar-refractivity contribution in [2.45, 2.75) is 12.8 Å². The molecule has 0 aliphatic carbocycles. The minimum absolute atomic E-state index is 0.0167. The van der Waals surface area contributed by atoms with E-state index in [0.717, 1.165) is 44.1 Å². The number of aromatic amines is 1. The molecule has 1 aromatic heterocycles. The van der Waals surface area contributed by atoms with Gasteiger partial charge >= 0.3 is 0 Å². The van der Waals surface area contributed by atoms with Crippen LogP contribution in [0.3, 0.4) is 0 Å². The molecule has 5 N–H and O–H groups in total. The van der Waals surface area contributed by atoms with Gasteiger partial charge in [0.15, 0.2) is 17.5 Å². The number of hydrogen-bond acceptors (Lipinski definition) is 5. The lowest BCUT2D eigenvalue weighted by atomic mass is 10.00. The Bertz CT molecular complexity index is 1130. The summed E-state index contributed by atoms with van der Waals surface area (Å²) in [6.07, 6.45) is 2.10. The molecule has 2 heterocycles. The predicted molar refractivity (Wildman–Crippen MR) is 113 cm³/mol. The van der Waals surface area contributed by atoms with Crippen LogP contribution < -0.4 is 15.7 Å². The van der Waals surface area contributed by atoms with E-state index >= 15 is 0 Å². The maximum absolute atomic E-state index is 14.4. The Kier molecular flexibility index (Phi) is 6.03. The Morgan fingerprint density at radius 1 is 1.29 bits per heavy atom. The highest BCUT2D eigenvalue weighted by molar-refractivity contribution is 6.31. The van der Waals surface area contributed by atoms with Gasteiger partial charge in [-0.3, -0.25) is 10.6 Å². The fourth-order valence-electron chi connectivity index (χ4n) is 3.57. The van der Waals surface area contributed by atoms with Gasteiger partial charge in [0, 0.05) is 12.1 Å². The summed E-state index contributed by atoms with van der Waals surface area (Å²) in [5.41, 5.74) is -0.399. The van der Waals surface area contributed by atoms with Crippen LogP contribution in [0.4, 0.5) is 24.8 Å². The summed E-state index contributed by atoms with van der Waals surface area (Å²) >= 11 is 5.73. The van der Waals surface area contributed by atoms with Crippen LogP contribution in [0.5, 0.6) is 0 Å². The maximum atomic E-state index is 14.4. The number of piperidine rings is 1. The molecule has 1 unspecified atom stereocenters. The first kappa shape index (κ1) is 21.4. The molecule has 4 rings (SSSR count). The first-order valence-electron chi connectivity index (χ1n) is 9.70. The van der Waals surface area contributed by atoms with Crippen molar-refractivity contribution >= 4 is 40.1 Å². The van der Waals surface area contributed by atoms with Gasteiger partial charge in [0.1, 0.15) is 11.3 Å². The van der Waals surface area contributed by atoms with Crippen molar-refractivity contribution in [3.63, 3.8) is 0 Å². The van der Waals surface area contributed by atoms with Gasteiger partial charge in [-0.15, -0.1) is 0 Å². The van der Waals surface area contributed by atoms with Crippen LogP contribution in [0, 0.1) is 28.8 Å². The number of fused-ring (bicyclic) bond motifs is 1. The third-order valence-electron chi connectivity index (χ3n) is 5.23. The first-order chi connectivity index (χ1) is 14.8. The summed E-state index contributed by atoms with van der Waals surface area (Å²) in [4.78, 5) is 6.95. The van der Waals surface area contributed by atoms with E-state index in [-0.39, 0.29) is 33.3 Å². The van der Waals surface area contributed by atoms with E-state index < -0.39 is 23.3 Å². The van der Waals surface area contributed by atoms with Crippen molar-refractivity contribution in [2.75, 3.05) is 30.0 Å². The maximum Gasteiger partial charge on any atom is 0.201 e. The van der Waals surface area contributed by atoms with Crippen molar-refractivity contribution < 1.29 is 18.4 Å². The number of nitrogens with one attached hydrogen (secondary N) is 4. The number of anilines is 2. The summed E-state index contributed by atoms with van der Waals surface area (Å²) < 4.78 is 42.0. The second-order valence-corrected chi connectivity index (χ2v) is 7.79. The molecule has 164 valence electrons. The monoisotopic (exact) mass is 452 g/mol. The molecule has 1 aliphatic heterocycles. The second kappa shape index (κ2) is 8.74. The molecular formula is C20H20ClF3N6O. The van der Waals surface area contributed by atoms with Crippen LogP contribution in [0.25, 0.3) is 11.0 Å². The molecule has 2 aromatic carbocycles. The lowest BCUT2D eigenvalue weighted by molar-refractivity contribution is 0.312. The Morgan fingerprint density at radius 2 is 2.10 bits per heavy atom. The predicted octanol–water partition coefficient (Wildman–Crippen LogP) is 4.27. The Labute approximate surface area is 180 Å². The van der Waals surface area contributed by atoms with E-state index in [1.54, 1.807) is 0 Å². The molecule has 0 saturated carbocycles. The quantitative estimate of drug-likeness (QED) is 0.226. The summed E-state index contributed by atoms with van der Waals surface area (Å²) in [6.45, 7) is 2.42. The van der Waals surface area contributed by atoms with Crippen molar-refractivity contribution in [1.29, 1.82) is 5.41 Å². The fourth-order valence-corrected chi connectivity index (χ4v) is 3.75. The largest absolute Gasteiger partial charge is 0.355 e. The standard InChI is InChI=1S/C20H20ClF3N6O/c21-13-6-11(3-4-14(13)22)30(31)19(25)12-7-15(23)16(24)18-17(12)28-20(29-18)27-9-10-2-1-5-26-8-10/h3-4,6-7,10,25-26,31H,1-2,5,8-9H2,(H2,27,28,29). The SMILES string of the molecule is N=C(c1cc(F)c(F)c2nc(NCC3CCCNC3)[nH]c12)N(O)c1ccc(F)c(Cl)c1. The highest BCUT2D eigenvalue weighted by Crippen LogP contribution is 2.28. The minimum Gasteiger partial charge on any atom is -0.355 e. The summed E-state index contributed by atoms with van der Waals surface area (Å²) in [6, 6.07) is 4.13. The highest BCUT2D eigenvalue weighted by atomic mass is 35.5. The zero-order chi connectivity index (χ0) is 22.1. The lowest BCUT2D eigenvalue weighted by Crippen LogP contribution is -2.33. The van der Waals surface area contributed by atoms with Crippen LogP contribution in [0.15, 0.2) is 24.3 Å². The average molecular weight is 453 g/mol. The number of halogens is 4. The van der Waals surface area contributed by atoms with Crippen molar-refractivity contribution in [2.24, 2.45) is 5.92 Å². The Balaban J connectivity index is 1.64. The smallest absolute Gasteiger partial charge is 0.201 e. The van der Waals surface area contributed by atoms with E-state index in [2.05, 4.69) is 20.6 Å². The molecule has 7 nitrogen and oxygen atoms in total. The van der Waals surface area contributed by atoms with E-state index in [1.807, 2.05) is 0 Å². The summed E-state index contributed by atoms with van der Waals surface area (Å²) in [5.74, 6) is -3.04. The zero-order valence-corrected chi connectivity index (χ0v) is 17.0. The normalized spacial score (nSPS) is 16.5. The van der Waals surface area contributed by atoms with Crippen LogP contribution >= 0.6 is 11.6 Å². The molecule has 0 amide bonds. The van der Waals surface area contributed by atoms with E-state index in [0.29, 0.717) is 17.5 Å². The van der Waals surface area contributed by atoms with Gasteiger partial charge in [0.05, 0.1) is 16.2 Å². The molecular weight excluding hydrogens is 433 g/mol. The van der Waals surface area contributed by atoms with Gasteiger partial charge < -0.3 is 15.6 Å². The van der Waals surface area contributed by atoms with Gasteiger partial charge in [-0.25, -0.2) is 23.2 Å². The third-order valence-corrected chi connectivity index (χ3v) is 5.52. The van der Waals surface area contributed by atoms with E-state index in [1.165, 1.54) is 6.07 Å². The molecule has 1 atom stereocenters. The van der Waals surface area contributed by atoms with E-state index in [9.17, 15) is 18.4 Å². The second-order valence-electron chi connectivity index (χ2n) is 7.38. The Hall–Kier alpha value is -2.82. The molecule has 0 spiro atoms.